The van der Waals surface area contributed by atoms with Crippen molar-refractivity contribution in [3.05, 3.63) is 65.5 Å². The Morgan fingerprint density at radius 1 is 1.03 bits per heavy atom. The molecule has 3 aliphatic rings. The Morgan fingerprint density at radius 2 is 1.82 bits per heavy atom. The number of amides is 2. The van der Waals surface area contributed by atoms with Gasteiger partial charge >= 0.3 is 6.18 Å². The van der Waals surface area contributed by atoms with Gasteiger partial charge < -0.3 is 15.3 Å². The summed E-state index contributed by atoms with van der Waals surface area (Å²) in [6, 6.07) is 10.4. The van der Waals surface area contributed by atoms with Crippen LogP contribution in [0.1, 0.15) is 66.6 Å². The summed E-state index contributed by atoms with van der Waals surface area (Å²) in [5.74, 6) is -0.913. The minimum atomic E-state index is -4.54. The topological polar surface area (TPSA) is 85.8 Å². The van der Waals surface area contributed by atoms with E-state index < -0.39 is 23.2 Å². The standard InChI is InChI=1S/C28H33F3N4O3/c29-28(30,31)20-6-3-5-19(17-20)26(37)33-18-25(36)35-15-4-7-22-23(35)11-16-34(22)21-9-12-27(38,13-10-21)24-8-1-2-14-32-24/h1-3,5-6,8,14,17,21-23,38H,4,7,9-13,15-16,18H2,(H,33,37)/t21?,22-,23+,27?/m0/s1. The van der Waals surface area contributed by atoms with Crippen molar-refractivity contribution >= 4 is 11.8 Å². The first-order valence-corrected chi connectivity index (χ1v) is 13.3. The van der Waals surface area contributed by atoms with E-state index in [9.17, 15) is 27.9 Å². The highest BCUT2D eigenvalue weighted by atomic mass is 19.4. The van der Waals surface area contributed by atoms with Gasteiger partial charge in [0.05, 0.1) is 17.8 Å². The predicted octanol–water partition coefficient (Wildman–Crippen LogP) is 3.73. The fourth-order valence-corrected chi connectivity index (χ4v) is 6.48. The molecule has 1 aromatic carbocycles. The highest BCUT2D eigenvalue weighted by Gasteiger charge is 2.46. The molecule has 1 aliphatic carbocycles. The molecule has 3 heterocycles. The van der Waals surface area contributed by atoms with E-state index in [0.29, 0.717) is 25.4 Å². The Hall–Kier alpha value is -2.98. The smallest absolute Gasteiger partial charge is 0.384 e. The van der Waals surface area contributed by atoms with E-state index in [4.69, 9.17) is 0 Å². The number of aliphatic hydroxyl groups is 1. The number of nitrogens with one attached hydrogen (secondary N) is 1. The van der Waals surface area contributed by atoms with E-state index >= 15 is 0 Å². The van der Waals surface area contributed by atoms with Crippen LogP contribution < -0.4 is 5.32 Å². The largest absolute Gasteiger partial charge is 0.416 e. The van der Waals surface area contributed by atoms with E-state index in [0.717, 1.165) is 56.5 Å². The van der Waals surface area contributed by atoms with Gasteiger partial charge in [-0.15, -0.1) is 0 Å². The number of carbonyl (C=O) groups excluding carboxylic acids is 2. The van der Waals surface area contributed by atoms with Crippen LogP contribution in [0.3, 0.4) is 0 Å². The summed E-state index contributed by atoms with van der Waals surface area (Å²) >= 11 is 0. The highest BCUT2D eigenvalue weighted by Crippen LogP contribution is 2.41. The van der Waals surface area contributed by atoms with Crippen molar-refractivity contribution in [2.75, 3.05) is 19.6 Å². The molecule has 2 aliphatic heterocycles. The second-order valence-electron chi connectivity index (χ2n) is 10.6. The summed E-state index contributed by atoms with van der Waals surface area (Å²) in [6.07, 6.45) is 2.87. The summed E-state index contributed by atoms with van der Waals surface area (Å²) < 4.78 is 38.9. The van der Waals surface area contributed by atoms with Gasteiger partial charge in [-0.2, -0.15) is 13.2 Å². The molecule has 2 saturated heterocycles. The Labute approximate surface area is 220 Å². The van der Waals surface area contributed by atoms with E-state index in [1.165, 1.54) is 12.1 Å². The van der Waals surface area contributed by atoms with E-state index in [2.05, 4.69) is 15.2 Å². The summed E-state index contributed by atoms with van der Waals surface area (Å²) in [4.78, 5) is 34.3. The number of aromatic nitrogens is 1. The molecule has 3 fully saturated rings. The first kappa shape index (κ1) is 26.6. The molecule has 5 rings (SSSR count). The first-order chi connectivity index (χ1) is 18.2. The highest BCUT2D eigenvalue weighted by molar-refractivity contribution is 5.96. The van der Waals surface area contributed by atoms with Gasteiger partial charge in [0.2, 0.25) is 5.91 Å². The van der Waals surface area contributed by atoms with Crippen molar-refractivity contribution in [1.29, 1.82) is 0 Å². The average Bonchev–Trinajstić information content (AvgIpc) is 3.36. The third-order valence-electron chi connectivity index (χ3n) is 8.42. The molecule has 2 amide bonds. The second-order valence-corrected chi connectivity index (χ2v) is 10.6. The lowest BCUT2D eigenvalue weighted by atomic mass is 9.79. The summed E-state index contributed by atoms with van der Waals surface area (Å²) in [6.45, 7) is 1.23. The minimum absolute atomic E-state index is 0.0540. The van der Waals surface area contributed by atoms with Crippen LogP contribution >= 0.6 is 0 Å². The third-order valence-corrected chi connectivity index (χ3v) is 8.42. The molecule has 2 aromatic rings. The molecular weight excluding hydrogens is 497 g/mol. The third kappa shape index (κ3) is 5.42. The predicted molar refractivity (Wildman–Crippen MR) is 134 cm³/mol. The number of fused-ring (bicyclic) bond motifs is 1. The van der Waals surface area contributed by atoms with Gasteiger partial charge in [-0.25, -0.2) is 0 Å². The number of carbonyl (C=O) groups is 2. The quantitative estimate of drug-likeness (QED) is 0.616. The van der Waals surface area contributed by atoms with Crippen molar-refractivity contribution in [1.82, 2.24) is 20.1 Å². The lowest BCUT2D eigenvalue weighted by Crippen LogP contribution is -2.56. The van der Waals surface area contributed by atoms with Gasteiger partial charge in [0.1, 0.15) is 5.60 Å². The molecule has 1 aromatic heterocycles. The zero-order valence-electron chi connectivity index (χ0n) is 21.2. The molecule has 0 unspecified atom stereocenters. The molecular formula is C28H33F3N4O3. The zero-order valence-corrected chi connectivity index (χ0v) is 21.2. The van der Waals surface area contributed by atoms with Crippen LogP contribution in [0.5, 0.6) is 0 Å². The number of rotatable bonds is 5. The molecule has 0 spiro atoms. The molecule has 0 bridgehead atoms. The normalized spacial score (nSPS) is 28.1. The Bertz CT molecular complexity index is 1150. The number of pyridine rings is 1. The second kappa shape index (κ2) is 10.6. The fourth-order valence-electron chi connectivity index (χ4n) is 6.48. The van der Waals surface area contributed by atoms with Crippen molar-refractivity contribution in [2.45, 2.75) is 74.8 Å². The summed E-state index contributed by atoms with van der Waals surface area (Å²) in [7, 11) is 0. The van der Waals surface area contributed by atoms with E-state index in [-0.39, 0.29) is 30.1 Å². The fraction of sp³-hybridized carbons (Fsp3) is 0.536. The monoisotopic (exact) mass is 530 g/mol. The molecule has 7 nitrogen and oxygen atoms in total. The van der Waals surface area contributed by atoms with Crippen LogP contribution in [0, 0.1) is 0 Å². The Morgan fingerprint density at radius 3 is 2.53 bits per heavy atom. The van der Waals surface area contributed by atoms with E-state index in [1.807, 2.05) is 23.1 Å². The van der Waals surface area contributed by atoms with Gasteiger partial charge in [0.15, 0.2) is 0 Å². The number of hydrogen-bond donors (Lipinski definition) is 2. The molecule has 10 heteroatoms. The summed E-state index contributed by atoms with van der Waals surface area (Å²) in [5, 5.41) is 13.7. The maximum atomic E-state index is 13.1. The first-order valence-electron chi connectivity index (χ1n) is 13.3. The summed E-state index contributed by atoms with van der Waals surface area (Å²) in [5.41, 5.74) is -1.20. The molecule has 2 N–H and O–H groups in total. The minimum Gasteiger partial charge on any atom is -0.384 e. The maximum Gasteiger partial charge on any atom is 0.416 e. The number of nitrogens with zero attached hydrogens (tertiary/aromatic N) is 3. The lowest BCUT2D eigenvalue weighted by Gasteiger charge is -2.45. The molecule has 1 saturated carbocycles. The van der Waals surface area contributed by atoms with E-state index in [1.54, 1.807) is 6.20 Å². The van der Waals surface area contributed by atoms with Gasteiger partial charge in [0, 0.05) is 43.0 Å². The van der Waals surface area contributed by atoms with Crippen LogP contribution in [-0.4, -0.2) is 69.5 Å². The SMILES string of the molecule is O=C(NCC(=O)N1CCC[C@H]2[C@H]1CCN2C1CCC(O)(c2ccccn2)CC1)c1cccc(C(F)(F)F)c1. The zero-order chi connectivity index (χ0) is 26.9. The van der Waals surface area contributed by atoms with Crippen LogP contribution in [0.25, 0.3) is 0 Å². The van der Waals surface area contributed by atoms with Crippen molar-refractivity contribution in [3.63, 3.8) is 0 Å². The molecule has 2 atom stereocenters. The number of likely N-dealkylation sites (tertiary alicyclic amines) is 2. The van der Waals surface area contributed by atoms with Crippen molar-refractivity contribution in [3.8, 4) is 0 Å². The van der Waals surface area contributed by atoms with Gasteiger partial charge in [-0.3, -0.25) is 19.5 Å². The number of alkyl halides is 3. The van der Waals surface area contributed by atoms with Crippen LogP contribution in [0.2, 0.25) is 0 Å². The Balaban J connectivity index is 1.17. The number of benzene rings is 1. The van der Waals surface area contributed by atoms with Gasteiger partial charge in [-0.05, 0) is 75.3 Å². The molecule has 0 radical (unpaired) electrons. The molecule has 204 valence electrons. The van der Waals surface area contributed by atoms with Crippen LogP contribution in [0.4, 0.5) is 13.2 Å². The maximum absolute atomic E-state index is 13.1. The number of hydrogen-bond acceptors (Lipinski definition) is 5. The lowest BCUT2D eigenvalue weighted by molar-refractivity contribution is -0.137. The van der Waals surface area contributed by atoms with Gasteiger partial charge in [-0.1, -0.05) is 12.1 Å². The number of halogens is 3. The average molecular weight is 531 g/mol. The van der Waals surface area contributed by atoms with Crippen molar-refractivity contribution in [2.24, 2.45) is 0 Å². The number of piperidine rings is 1. The van der Waals surface area contributed by atoms with Crippen molar-refractivity contribution < 1.29 is 27.9 Å². The van der Waals surface area contributed by atoms with Crippen LogP contribution in [-0.2, 0) is 16.6 Å². The van der Waals surface area contributed by atoms with Gasteiger partial charge in [0.25, 0.3) is 5.91 Å². The Kier molecular flexibility index (Phi) is 7.46. The molecule has 38 heavy (non-hydrogen) atoms. The van der Waals surface area contributed by atoms with Crippen LogP contribution in [0.15, 0.2) is 48.7 Å².